The lowest BCUT2D eigenvalue weighted by atomic mass is 9.61. The maximum atomic E-state index is 11.6. The molecule has 3 atom stereocenters. The fraction of sp³-hybridized carbons (Fsp3) is 0.611. The third kappa shape index (κ3) is 1.50. The highest BCUT2D eigenvalue weighted by atomic mass is 16.1. The Labute approximate surface area is 117 Å². The third-order valence-electron chi connectivity index (χ3n) is 6.45. The van der Waals surface area contributed by atoms with Gasteiger partial charge < -0.3 is 4.79 Å². The molecular formula is C18H26O. The van der Waals surface area contributed by atoms with E-state index in [9.17, 15) is 4.79 Å². The molecule has 0 spiro atoms. The Morgan fingerprint density at radius 2 is 1.95 bits per heavy atom. The van der Waals surface area contributed by atoms with Gasteiger partial charge in [-0.2, -0.15) is 0 Å². The van der Waals surface area contributed by atoms with Gasteiger partial charge in [0.25, 0.3) is 0 Å². The molecule has 0 N–H and O–H groups in total. The average Bonchev–Trinajstić information content (AvgIpc) is 2.47. The molecule has 1 saturated carbocycles. The first-order chi connectivity index (χ1) is 8.76. The van der Waals surface area contributed by atoms with Crippen molar-refractivity contribution in [3.63, 3.8) is 0 Å². The molecule has 0 radical (unpaired) electrons. The lowest BCUT2D eigenvalue weighted by molar-refractivity contribution is -0.113. The fourth-order valence-electron chi connectivity index (χ4n) is 4.45. The lowest BCUT2D eigenvalue weighted by Crippen LogP contribution is -2.38. The molecule has 1 nitrogen and oxygen atoms in total. The van der Waals surface area contributed by atoms with E-state index in [1.54, 1.807) is 0 Å². The largest absolute Gasteiger partial charge is 0.303 e. The minimum Gasteiger partial charge on any atom is -0.303 e. The van der Waals surface area contributed by atoms with Crippen molar-refractivity contribution in [3.8, 4) is 0 Å². The zero-order chi connectivity index (χ0) is 14.5. The quantitative estimate of drug-likeness (QED) is 0.535. The first kappa shape index (κ1) is 14.3. The summed E-state index contributed by atoms with van der Waals surface area (Å²) in [5.41, 5.74) is 1.61. The maximum absolute atomic E-state index is 11.6. The van der Waals surface area contributed by atoms with Crippen LogP contribution in [0.25, 0.3) is 0 Å². The minimum atomic E-state index is -0.0781. The van der Waals surface area contributed by atoms with E-state index in [1.165, 1.54) is 5.57 Å². The monoisotopic (exact) mass is 258 g/mol. The highest BCUT2D eigenvalue weighted by molar-refractivity contribution is 5.63. The molecule has 19 heavy (non-hydrogen) atoms. The standard InChI is InChI=1S/C18H26O/c1-7-11-18-13(2)16(3,4)17(5,6)15(18)10-8-9-14(18)12-19/h7-10,12-14H,1,11H2,2-6H3. The summed E-state index contributed by atoms with van der Waals surface area (Å²) in [4.78, 5) is 11.6. The van der Waals surface area contributed by atoms with Crippen molar-refractivity contribution in [1.82, 2.24) is 0 Å². The van der Waals surface area contributed by atoms with Gasteiger partial charge in [0.05, 0.1) is 0 Å². The van der Waals surface area contributed by atoms with Gasteiger partial charge in [0.2, 0.25) is 0 Å². The van der Waals surface area contributed by atoms with Crippen LogP contribution < -0.4 is 0 Å². The van der Waals surface area contributed by atoms with Crippen LogP contribution in [-0.4, -0.2) is 6.29 Å². The zero-order valence-corrected chi connectivity index (χ0v) is 12.9. The van der Waals surface area contributed by atoms with Crippen LogP contribution in [0.1, 0.15) is 41.0 Å². The van der Waals surface area contributed by atoms with Gasteiger partial charge in [0, 0.05) is 11.3 Å². The van der Waals surface area contributed by atoms with E-state index >= 15 is 0 Å². The van der Waals surface area contributed by atoms with E-state index in [-0.39, 0.29) is 22.2 Å². The van der Waals surface area contributed by atoms with Gasteiger partial charge in [-0.15, -0.1) is 6.58 Å². The summed E-state index contributed by atoms with van der Waals surface area (Å²) in [5.74, 6) is 0.418. The Balaban J connectivity index is 2.71. The normalized spacial score (nSPS) is 38.5. The van der Waals surface area contributed by atoms with Gasteiger partial charge in [-0.05, 0) is 23.2 Å². The van der Waals surface area contributed by atoms with Crippen LogP contribution in [0.2, 0.25) is 0 Å². The number of hydrogen-bond donors (Lipinski definition) is 0. The molecule has 0 heterocycles. The summed E-state index contributed by atoms with van der Waals surface area (Å²) in [6.07, 6.45) is 10.4. The summed E-state index contributed by atoms with van der Waals surface area (Å²) < 4.78 is 0. The Bertz CT molecular complexity index is 464. The predicted molar refractivity (Wildman–Crippen MR) is 80.8 cm³/mol. The average molecular weight is 258 g/mol. The van der Waals surface area contributed by atoms with Gasteiger partial charge >= 0.3 is 0 Å². The van der Waals surface area contributed by atoms with Gasteiger partial charge in [-0.3, -0.25) is 0 Å². The molecule has 2 rings (SSSR count). The Morgan fingerprint density at radius 1 is 1.32 bits per heavy atom. The molecule has 0 aromatic rings. The van der Waals surface area contributed by atoms with Crippen molar-refractivity contribution in [3.05, 3.63) is 36.5 Å². The van der Waals surface area contributed by atoms with Crippen LogP contribution in [0.3, 0.4) is 0 Å². The van der Waals surface area contributed by atoms with Crippen LogP contribution in [0.4, 0.5) is 0 Å². The molecule has 1 fully saturated rings. The fourth-order valence-corrected chi connectivity index (χ4v) is 4.45. The highest BCUT2D eigenvalue weighted by Gasteiger charge is 2.64. The van der Waals surface area contributed by atoms with E-state index in [2.05, 4.69) is 59.4 Å². The Kier molecular flexibility index (Phi) is 3.16. The molecule has 3 unspecified atom stereocenters. The summed E-state index contributed by atoms with van der Waals surface area (Å²) in [6.45, 7) is 15.6. The Hall–Kier alpha value is -1.11. The molecule has 0 bridgehead atoms. The van der Waals surface area contributed by atoms with Gasteiger partial charge in [-0.25, -0.2) is 0 Å². The summed E-state index contributed by atoms with van der Waals surface area (Å²) in [7, 11) is 0. The van der Waals surface area contributed by atoms with E-state index < -0.39 is 0 Å². The summed E-state index contributed by atoms with van der Waals surface area (Å²) in [5, 5.41) is 0. The molecule has 0 aliphatic heterocycles. The van der Waals surface area contributed by atoms with Crippen LogP contribution in [-0.2, 0) is 4.79 Å². The maximum Gasteiger partial charge on any atom is 0.127 e. The van der Waals surface area contributed by atoms with Crippen LogP contribution in [0.5, 0.6) is 0 Å². The van der Waals surface area contributed by atoms with E-state index in [1.807, 2.05) is 6.08 Å². The molecule has 0 aromatic heterocycles. The number of rotatable bonds is 3. The molecule has 1 heteroatoms. The second-order valence-corrected chi connectivity index (χ2v) is 7.23. The van der Waals surface area contributed by atoms with E-state index in [4.69, 9.17) is 0 Å². The first-order valence-electron chi connectivity index (χ1n) is 7.22. The number of carbonyl (C=O) groups is 1. The molecule has 0 aromatic carbocycles. The smallest absolute Gasteiger partial charge is 0.127 e. The number of fused-ring (bicyclic) bond motifs is 1. The molecule has 104 valence electrons. The van der Waals surface area contributed by atoms with Crippen molar-refractivity contribution < 1.29 is 4.79 Å². The third-order valence-corrected chi connectivity index (χ3v) is 6.45. The van der Waals surface area contributed by atoms with Crippen LogP contribution in [0, 0.1) is 28.1 Å². The second-order valence-electron chi connectivity index (χ2n) is 7.23. The number of aldehydes is 1. The van der Waals surface area contributed by atoms with Gasteiger partial charge in [-0.1, -0.05) is 64.5 Å². The first-order valence-corrected chi connectivity index (χ1v) is 7.22. The SMILES string of the molecule is C=CCC12C(=CC=CC1C=O)C(C)(C)C(C)(C)C2C. The molecule has 2 aliphatic rings. The number of allylic oxidation sites excluding steroid dienone is 5. The predicted octanol–water partition coefficient (Wildman–Crippen LogP) is 4.56. The molecule has 0 amide bonds. The summed E-state index contributed by atoms with van der Waals surface area (Å²) in [6, 6.07) is 0. The van der Waals surface area contributed by atoms with Crippen molar-refractivity contribution in [1.29, 1.82) is 0 Å². The van der Waals surface area contributed by atoms with Crippen molar-refractivity contribution >= 4 is 6.29 Å². The number of carbonyl (C=O) groups excluding carboxylic acids is 1. The molecule has 2 aliphatic carbocycles. The van der Waals surface area contributed by atoms with E-state index in [0.717, 1.165) is 12.7 Å². The molecule has 0 saturated heterocycles. The van der Waals surface area contributed by atoms with Gasteiger partial charge in [0.15, 0.2) is 0 Å². The lowest BCUT2D eigenvalue weighted by Gasteiger charge is -2.42. The summed E-state index contributed by atoms with van der Waals surface area (Å²) >= 11 is 0. The molecular weight excluding hydrogens is 232 g/mol. The van der Waals surface area contributed by atoms with Crippen LogP contribution >= 0.6 is 0 Å². The Morgan fingerprint density at radius 3 is 2.47 bits per heavy atom. The van der Waals surface area contributed by atoms with E-state index in [0.29, 0.717) is 5.92 Å². The van der Waals surface area contributed by atoms with Crippen LogP contribution in [0.15, 0.2) is 36.5 Å². The highest BCUT2D eigenvalue weighted by Crippen LogP contribution is 2.70. The minimum absolute atomic E-state index is 0.0263. The van der Waals surface area contributed by atoms with Gasteiger partial charge in [0.1, 0.15) is 6.29 Å². The van der Waals surface area contributed by atoms with Crippen molar-refractivity contribution in [2.45, 2.75) is 41.0 Å². The zero-order valence-electron chi connectivity index (χ0n) is 12.9. The van der Waals surface area contributed by atoms with Crippen molar-refractivity contribution in [2.75, 3.05) is 0 Å². The topological polar surface area (TPSA) is 17.1 Å². The number of hydrogen-bond acceptors (Lipinski definition) is 1. The van der Waals surface area contributed by atoms with Crippen molar-refractivity contribution in [2.24, 2.45) is 28.1 Å². The second kappa shape index (κ2) is 4.19.